The van der Waals surface area contributed by atoms with Gasteiger partial charge >= 0.3 is 17.1 Å². The molecule has 0 atom stereocenters. The van der Waals surface area contributed by atoms with E-state index in [0.29, 0.717) is 6.61 Å². The summed E-state index contributed by atoms with van der Waals surface area (Å²) in [6.45, 7) is 21.7. The van der Waals surface area contributed by atoms with Crippen molar-refractivity contribution >= 4 is 31.7 Å². The minimum absolute atomic E-state index is 0.342. The van der Waals surface area contributed by atoms with Crippen LogP contribution in [0, 0.1) is 0 Å². The van der Waals surface area contributed by atoms with Crippen molar-refractivity contribution in [3.8, 4) is 0 Å². The number of halogens is 6. The van der Waals surface area contributed by atoms with Gasteiger partial charge in [0.05, 0.1) is 25.2 Å². The van der Waals surface area contributed by atoms with Crippen molar-refractivity contribution in [1.82, 2.24) is 5.32 Å². The summed E-state index contributed by atoms with van der Waals surface area (Å²) < 4.78 is 116. The standard InChI is InChI=1S/C27H46N2O2.C2F6NO4S2/c1-8-11-17-29(18-12-9-2,19-13-10-3)20-21-31-26(30)28-27(6,7)25-16-14-15-24(22-25)23(4)5;3-1(4,5)14(10,11)9-15(12,13)2(6,7)8/h14-16,22H,4,8-13,17-21H2,1-3,5-7H3;/q;-1/p+1. The highest BCUT2D eigenvalue weighted by Gasteiger charge is 2.47. The molecule has 0 aromatic heterocycles. The second kappa shape index (κ2) is 18.2. The van der Waals surface area contributed by atoms with E-state index < -0.39 is 36.6 Å². The first-order valence-electron chi connectivity index (χ1n) is 14.8. The molecule has 9 nitrogen and oxygen atoms in total. The van der Waals surface area contributed by atoms with Crippen molar-refractivity contribution in [3.63, 3.8) is 0 Å². The number of allylic oxidation sites excluding steroid dienone is 1. The Morgan fingerprint density at radius 2 is 1.28 bits per heavy atom. The van der Waals surface area contributed by atoms with Crippen molar-refractivity contribution in [2.45, 2.75) is 96.6 Å². The van der Waals surface area contributed by atoms with Gasteiger partial charge in [0.1, 0.15) is 13.2 Å². The molecular weight excluding hydrogens is 664 g/mol. The van der Waals surface area contributed by atoms with Crippen LogP contribution in [0.1, 0.15) is 91.2 Å². The lowest BCUT2D eigenvalue weighted by molar-refractivity contribution is -0.929. The first-order valence-corrected chi connectivity index (χ1v) is 17.7. The predicted molar refractivity (Wildman–Crippen MR) is 166 cm³/mol. The molecule has 46 heavy (non-hydrogen) atoms. The summed E-state index contributed by atoms with van der Waals surface area (Å²) in [5.41, 5.74) is -9.77. The summed E-state index contributed by atoms with van der Waals surface area (Å²) in [5, 5.41) is 3.06. The number of hydrogen-bond acceptors (Lipinski definition) is 6. The molecule has 0 aliphatic carbocycles. The Kier molecular flexibility index (Phi) is 17.3. The van der Waals surface area contributed by atoms with Crippen molar-refractivity contribution in [2.24, 2.45) is 0 Å². The van der Waals surface area contributed by atoms with Crippen LogP contribution in [0.25, 0.3) is 9.70 Å². The maximum absolute atomic E-state index is 12.6. The smallest absolute Gasteiger partial charge is 0.444 e. The second-order valence-electron chi connectivity index (χ2n) is 11.5. The SMILES string of the molecule is C=C(C)c1cccc(C(C)(C)NC(=O)OCC[N+](CCCC)(CCCC)CCCC)c1.O=S(=O)([N-]S(=O)(=O)C(F)(F)F)C(F)(F)F. The number of alkyl carbamates (subject to hydrolysis) is 1. The van der Waals surface area contributed by atoms with Crippen molar-refractivity contribution in [3.05, 3.63) is 46.1 Å². The van der Waals surface area contributed by atoms with Crippen molar-refractivity contribution < 1.29 is 57.2 Å². The molecule has 0 unspecified atom stereocenters. The normalized spacial score (nSPS) is 13.0. The van der Waals surface area contributed by atoms with Crippen LogP contribution in [0.2, 0.25) is 0 Å². The van der Waals surface area contributed by atoms with Gasteiger partial charge in [-0.2, -0.15) is 26.3 Å². The number of unbranched alkanes of at least 4 members (excludes halogenated alkanes) is 3. The number of nitrogens with one attached hydrogen (secondary N) is 1. The van der Waals surface area contributed by atoms with E-state index in [1.807, 2.05) is 39.0 Å². The summed E-state index contributed by atoms with van der Waals surface area (Å²) in [4.78, 5) is 12.6. The minimum atomic E-state index is -6.72. The third-order valence-corrected chi connectivity index (χ3v) is 9.77. The number of quaternary nitrogens is 1. The van der Waals surface area contributed by atoms with Gasteiger partial charge in [-0.3, -0.25) is 0 Å². The highest BCUT2D eigenvalue weighted by atomic mass is 32.3. The molecular formula is C29H47F6N3O6S2. The molecule has 17 heteroatoms. The average Bonchev–Trinajstić information content (AvgIpc) is 2.92. The molecule has 1 aromatic carbocycles. The molecule has 1 amide bonds. The summed E-state index contributed by atoms with van der Waals surface area (Å²) in [6.07, 6.45) is 6.96. The van der Waals surface area contributed by atoms with E-state index in [4.69, 9.17) is 4.74 Å². The van der Waals surface area contributed by atoms with Gasteiger partial charge in [0.2, 0.25) is 0 Å². The Bertz CT molecular complexity index is 1270. The number of hydrogen-bond donors (Lipinski definition) is 1. The van der Waals surface area contributed by atoms with Crippen LogP contribution in [-0.2, 0) is 30.3 Å². The Morgan fingerprint density at radius 3 is 1.65 bits per heavy atom. The maximum atomic E-state index is 12.6. The molecule has 0 aliphatic rings. The van der Waals surface area contributed by atoms with E-state index in [9.17, 15) is 48.0 Å². The fraction of sp³-hybridized carbons (Fsp3) is 0.690. The molecule has 1 N–H and O–H groups in total. The number of carbonyl (C=O) groups excluding carboxylic acids is 1. The summed E-state index contributed by atoms with van der Waals surface area (Å²) in [5.74, 6) is 0. The van der Waals surface area contributed by atoms with Crippen LogP contribution in [-0.4, -0.2) is 71.2 Å². The fourth-order valence-corrected chi connectivity index (χ4v) is 5.94. The first-order chi connectivity index (χ1) is 20.9. The zero-order valence-electron chi connectivity index (χ0n) is 27.2. The van der Waals surface area contributed by atoms with Crippen LogP contribution >= 0.6 is 0 Å². The Morgan fingerprint density at radius 1 is 0.848 bits per heavy atom. The van der Waals surface area contributed by atoms with E-state index in [0.717, 1.165) is 31.9 Å². The molecule has 0 heterocycles. The van der Waals surface area contributed by atoms with Crippen LogP contribution in [0.15, 0.2) is 30.8 Å². The van der Waals surface area contributed by atoms with Gasteiger partial charge in [-0.1, -0.05) is 70.4 Å². The van der Waals surface area contributed by atoms with Crippen LogP contribution < -0.4 is 5.32 Å². The molecule has 0 fully saturated rings. The lowest BCUT2D eigenvalue weighted by Crippen LogP contribution is -2.52. The van der Waals surface area contributed by atoms with Crippen molar-refractivity contribution in [1.29, 1.82) is 0 Å². The van der Waals surface area contributed by atoms with Gasteiger partial charge in [0, 0.05) is 0 Å². The molecule has 0 saturated carbocycles. The van der Waals surface area contributed by atoms with Gasteiger partial charge in [-0.05, 0) is 57.2 Å². The number of rotatable bonds is 17. The number of amides is 1. The van der Waals surface area contributed by atoms with Gasteiger partial charge in [0.25, 0.3) is 0 Å². The van der Waals surface area contributed by atoms with Gasteiger partial charge in [0.15, 0.2) is 20.0 Å². The molecule has 0 aliphatic heterocycles. The zero-order valence-corrected chi connectivity index (χ0v) is 28.9. The number of ether oxygens (including phenoxy) is 1. The van der Waals surface area contributed by atoms with Crippen LogP contribution in [0.5, 0.6) is 0 Å². The molecule has 0 radical (unpaired) electrons. The average molecular weight is 712 g/mol. The molecule has 0 spiro atoms. The molecule has 268 valence electrons. The number of alkyl halides is 6. The summed E-state index contributed by atoms with van der Waals surface area (Å²) in [7, 11) is -13.4. The van der Waals surface area contributed by atoms with E-state index in [1.54, 1.807) is 0 Å². The first kappa shape index (κ1) is 43.6. The summed E-state index contributed by atoms with van der Waals surface area (Å²) >= 11 is 0. The third kappa shape index (κ3) is 14.6. The predicted octanol–water partition coefficient (Wildman–Crippen LogP) is 7.96. The van der Waals surface area contributed by atoms with Crippen LogP contribution in [0.4, 0.5) is 31.1 Å². The number of sulfonamides is 2. The highest BCUT2D eigenvalue weighted by Crippen LogP contribution is 2.36. The zero-order chi connectivity index (χ0) is 36.0. The third-order valence-electron chi connectivity index (χ3n) is 7.03. The van der Waals surface area contributed by atoms with E-state index in [2.05, 4.69) is 38.7 Å². The van der Waals surface area contributed by atoms with Gasteiger partial charge < -0.3 is 18.7 Å². The monoisotopic (exact) mass is 711 g/mol. The quantitative estimate of drug-likeness (QED) is 0.129. The number of benzene rings is 1. The topological polar surface area (TPSA) is 121 Å². The van der Waals surface area contributed by atoms with E-state index >= 15 is 0 Å². The van der Waals surface area contributed by atoms with Crippen molar-refractivity contribution in [2.75, 3.05) is 32.8 Å². The van der Waals surface area contributed by atoms with Gasteiger partial charge in [-0.15, -0.1) is 0 Å². The van der Waals surface area contributed by atoms with Crippen LogP contribution in [0.3, 0.4) is 0 Å². The molecule has 0 bridgehead atoms. The largest absolute Gasteiger partial charge is 0.480 e. The second-order valence-corrected chi connectivity index (χ2v) is 14.9. The van der Waals surface area contributed by atoms with E-state index in [-0.39, 0.29) is 6.09 Å². The Balaban J connectivity index is 0.00000113. The molecule has 1 rings (SSSR count). The highest BCUT2D eigenvalue weighted by molar-refractivity contribution is 8.13. The van der Waals surface area contributed by atoms with E-state index in [1.165, 1.54) is 58.2 Å². The lowest BCUT2D eigenvalue weighted by Gasteiger charge is -2.39. The Labute approximate surface area is 269 Å². The number of nitrogens with zero attached hydrogens (tertiary/aromatic N) is 2. The number of carbonyl (C=O) groups is 1. The fourth-order valence-electron chi connectivity index (χ4n) is 4.23. The van der Waals surface area contributed by atoms with Gasteiger partial charge in [-0.25, -0.2) is 21.6 Å². The lowest BCUT2D eigenvalue weighted by atomic mass is 9.92. The minimum Gasteiger partial charge on any atom is -0.444 e. The molecule has 0 saturated heterocycles. The Hall–Kier alpha value is -2.37. The summed E-state index contributed by atoms with van der Waals surface area (Å²) in [6, 6.07) is 8.18. The maximum Gasteiger partial charge on any atom is 0.480 e. The molecule has 1 aromatic rings.